The lowest BCUT2D eigenvalue weighted by Gasteiger charge is -2.34. The van der Waals surface area contributed by atoms with Crippen LogP contribution in [0.15, 0.2) is 18.2 Å². The van der Waals surface area contributed by atoms with Gasteiger partial charge in [-0.3, -0.25) is 9.69 Å². The van der Waals surface area contributed by atoms with E-state index in [1.165, 1.54) is 13.5 Å². The third kappa shape index (κ3) is 3.75. The van der Waals surface area contributed by atoms with Gasteiger partial charge in [-0.1, -0.05) is 25.5 Å². The molecule has 0 bridgehead atoms. The quantitative estimate of drug-likeness (QED) is 0.804. The average Bonchev–Trinajstić information content (AvgIpc) is 2.98. The van der Waals surface area contributed by atoms with Crippen LogP contribution in [-0.4, -0.2) is 48.0 Å². The Morgan fingerprint density at radius 3 is 2.88 bits per heavy atom. The second kappa shape index (κ2) is 7.91. The van der Waals surface area contributed by atoms with Crippen molar-refractivity contribution in [2.75, 3.05) is 25.5 Å². The number of H-pyrrole nitrogens is 1. The molecule has 3 rings (SSSR count). The zero-order valence-corrected chi connectivity index (χ0v) is 15.7. The highest BCUT2D eigenvalue weighted by molar-refractivity contribution is 6.11. The number of hydrogen-bond donors (Lipinski definition) is 2. The van der Waals surface area contributed by atoms with Gasteiger partial charge in [0, 0.05) is 16.9 Å². The van der Waals surface area contributed by atoms with Gasteiger partial charge in [0.1, 0.15) is 5.69 Å². The Labute approximate surface area is 153 Å². The molecular weight excluding hydrogens is 330 g/mol. The molecule has 1 aliphatic rings. The molecule has 0 spiro atoms. The number of nitrogens with one attached hydrogen (secondary N) is 2. The van der Waals surface area contributed by atoms with E-state index in [1.807, 2.05) is 25.1 Å². The molecule has 1 atom stereocenters. The van der Waals surface area contributed by atoms with Gasteiger partial charge in [-0.05, 0) is 44.4 Å². The number of benzene rings is 1. The number of fused-ring (bicyclic) bond motifs is 1. The minimum Gasteiger partial charge on any atom is -0.464 e. The second-order valence-electron chi connectivity index (χ2n) is 6.99. The Morgan fingerprint density at radius 2 is 2.15 bits per heavy atom. The number of amides is 1. The van der Waals surface area contributed by atoms with Crippen molar-refractivity contribution >= 4 is 28.5 Å². The van der Waals surface area contributed by atoms with Crippen LogP contribution in [0, 0.1) is 6.92 Å². The van der Waals surface area contributed by atoms with Gasteiger partial charge >= 0.3 is 5.97 Å². The number of rotatable bonds is 5. The highest BCUT2D eigenvalue weighted by Crippen LogP contribution is 2.29. The van der Waals surface area contributed by atoms with E-state index >= 15 is 0 Å². The van der Waals surface area contributed by atoms with Crippen LogP contribution in [0.3, 0.4) is 0 Å². The lowest BCUT2D eigenvalue weighted by Crippen LogP contribution is -2.43. The summed E-state index contributed by atoms with van der Waals surface area (Å²) in [5.41, 5.74) is 2.67. The number of piperidine rings is 1. The van der Waals surface area contributed by atoms with Gasteiger partial charge in [0.15, 0.2) is 0 Å². The molecule has 140 valence electrons. The summed E-state index contributed by atoms with van der Waals surface area (Å²) >= 11 is 0. The molecule has 1 aromatic carbocycles. The molecule has 1 fully saturated rings. The molecule has 1 unspecified atom stereocenters. The van der Waals surface area contributed by atoms with Gasteiger partial charge in [-0.2, -0.15) is 0 Å². The first kappa shape index (κ1) is 18.5. The van der Waals surface area contributed by atoms with Crippen molar-refractivity contribution in [1.29, 1.82) is 0 Å². The molecule has 26 heavy (non-hydrogen) atoms. The van der Waals surface area contributed by atoms with E-state index in [0.29, 0.717) is 18.3 Å². The molecule has 0 aliphatic carbocycles. The Morgan fingerprint density at radius 1 is 1.35 bits per heavy atom. The van der Waals surface area contributed by atoms with Crippen LogP contribution in [0.25, 0.3) is 10.9 Å². The number of carbonyl (C=O) groups excluding carboxylic acids is 2. The summed E-state index contributed by atoms with van der Waals surface area (Å²) < 4.78 is 4.87. The first-order valence-electron chi connectivity index (χ1n) is 9.28. The maximum Gasteiger partial charge on any atom is 0.356 e. The number of aryl methyl sites for hydroxylation is 1. The number of anilines is 1. The third-order valence-corrected chi connectivity index (χ3v) is 5.18. The largest absolute Gasteiger partial charge is 0.464 e. The molecule has 0 saturated carbocycles. The molecule has 2 N–H and O–H groups in total. The highest BCUT2D eigenvalue weighted by Gasteiger charge is 2.25. The zero-order valence-electron chi connectivity index (χ0n) is 15.7. The van der Waals surface area contributed by atoms with Crippen LogP contribution in [0.4, 0.5) is 5.69 Å². The van der Waals surface area contributed by atoms with Crippen molar-refractivity contribution in [3.05, 3.63) is 29.5 Å². The molecule has 6 heteroatoms. The third-order valence-electron chi connectivity index (χ3n) is 5.18. The average molecular weight is 357 g/mol. The Kier molecular flexibility index (Phi) is 5.61. The lowest BCUT2D eigenvalue weighted by molar-refractivity contribution is -0.118. The van der Waals surface area contributed by atoms with Gasteiger partial charge < -0.3 is 15.0 Å². The molecule has 2 aromatic rings. The van der Waals surface area contributed by atoms with Crippen molar-refractivity contribution in [2.24, 2.45) is 0 Å². The number of aromatic nitrogens is 1. The van der Waals surface area contributed by atoms with Gasteiger partial charge in [0.2, 0.25) is 5.91 Å². The summed E-state index contributed by atoms with van der Waals surface area (Å²) in [4.78, 5) is 30.2. The SMILES string of the molecule is CCC1CCCCN1CC(=O)Nc1c(C(=O)OC)[nH]c2cc(C)ccc12. The summed E-state index contributed by atoms with van der Waals surface area (Å²) in [5.74, 6) is -0.587. The van der Waals surface area contributed by atoms with Crippen molar-refractivity contribution in [3.8, 4) is 0 Å². The molecule has 2 heterocycles. The van der Waals surface area contributed by atoms with E-state index in [2.05, 4.69) is 22.1 Å². The van der Waals surface area contributed by atoms with Crippen LogP contribution in [0.2, 0.25) is 0 Å². The highest BCUT2D eigenvalue weighted by atomic mass is 16.5. The minimum atomic E-state index is -0.487. The normalized spacial score (nSPS) is 18.0. The number of methoxy groups -OCH3 is 1. The van der Waals surface area contributed by atoms with Crippen molar-refractivity contribution in [3.63, 3.8) is 0 Å². The van der Waals surface area contributed by atoms with E-state index in [0.717, 1.165) is 42.3 Å². The van der Waals surface area contributed by atoms with E-state index in [-0.39, 0.29) is 11.6 Å². The fourth-order valence-electron chi connectivity index (χ4n) is 3.79. The number of aromatic amines is 1. The number of nitrogens with zero attached hydrogens (tertiary/aromatic N) is 1. The number of carbonyl (C=O) groups is 2. The van der Waals surface area contributed by atoms with Crippen molar-refractivity contribution in [1.82, 2.24) is 9.88 Å². The fourth-order valence-corrected chi connectivity index (χ4v) is 3.79. The lowest BCUT2D eigenvalue weighted by atomic mass is 10.00. The van der Waals surface area contributed by atoms with E-state index in [9.17, 15) is 9.59 Å². The maximum absolute atomic E-state index is 12.7. The summed E-state index contributed by atoms with van der Waals surface area (Å²) in [7, 11) is 1.34. The molecule has 1 aromatic heterocycles. The van der Waals surface area contributed by atoms with Crippen LogP contribution < -0.4 is 5.32 Å². The molecule has 6 nitrogen and oxygen atoms in total. The number of likely N-dealkylation sites (tertiary alicyclic amines) is 1. The Hall–Kier alpha value is -2.34. The number of esters is 1. The van der Waals surface area contributed by atoms with Crippen LogP contribution in [0.5, 0.6) is 0 Å². The Bertz CT molecular complexity index is 812. The van der Waals surface area contributed by atoms with Gasteiger partial charge in [-0.15, -0.1) is 0 Å². The van der Waals surface area contributed by atoms with E-state index in [1.54, 1.807) is 0 Å². The standard InChI is InChI=1S/C20H27N3O3/c1-4-14-7-5-6-10-23(14)12-17(24)22-18-15-9-8-13(2)11-16(15)21-19(18)20(25)26-3/h8-9,11,14,21H,4-7,10,12H2,1-3H3,(H,22,24). The smallest absolute Gasteiger partial charge is 0.356 e. The molecular formula is C20H27N3O3. The molecule has 0 radical (unpaired) electrons. The molecule has 1 amide bonds. The van der Waals surface area contributed by atoms with Crippen LogP contribution in [-0.2, 0) is 9.53 Å². The van der Waals surface area contributed by atoms with Crippen molar-refractivity contribution < 1.29 is 14.3 Å². The van der Waals surface area contributed by atoms with Gasteiger partial charge in [0.05, 0.1) is 19.3 Å². The van der Waals surface area contributed by atoms with E-state index in [4.69, 9.17) is 4.74 Å². The number of ether oxygens (including phenoxy) is 1. The zero-order chi connectivity index (χ0) is 18.7. The van der Waals surface area contributed by atoms with Gasteiger partial charge in [-0.25, -0.2) is 4.79 Å². The van der Waals surface area contributed by atoms with Crippen LogP contribution >= 0.6 is 0 Å². The van der Waals surface area contributed by atoms with Gasteiger partial charge in [0.25, 0.3) is 0 Å². The fraction of sp³-hybridized carbons (Fsp3) is 0.500. The predicted octanol–water partition coefficient (Wildman–Crippen LogP) is 3.47. The monoisotopic (exact) mass is 357 g/mol. The molecule has 1 aliphatic heterocycles. The van der Waals surface area contributed by atoms with Crippen molar-refractivity contribution in [2.45, 2.75) is 45.6 Å². The summed E-state index contributed by atoms with van der Waals surface area (Å²) in [5, 5.41) is 3.76. The van der Waals surface area contributed by atoms with Crippen LogP contribution in [0.1, 0.15) is 48.7 Å². The second-order valence-corrected chi connectivity index (χ2v) is 6.99. The topological polar surface area (TPSA) is 74.4 Å². The summed E-state index contributed by atoms with van der Waals surface area (Å²) in [6, 6.07) is 6.29. The first-order valence-corrected chi connectivity index (χ1v) is 9.28. The predicted molar refractivity (Wildman–Crippen MR) is 103 cm³/mol. The summed E-state index contributed by atoms with van der Waals surface area (Å²) in [6.45, 7) is 5.44. The first-order chi connectivity index (χ1) is 12.5. The van der Waals surface area contributed by atoms with E-state index < -0.39 is 5.97 Å². The summed E-state index contributed by atoms with van der Waals surface area (Å²) in [6.07, 6.45) is 4.55. The minimum absolute atomic E-state index is 0.100. The Balaban J connectivity index is 1.84. The number of hydrogen-bond acceptors (Lipinski definition) is 4. The maximum atomic E-state index is 12.7. The molecule has 1 saturated heterocycles.